The number of fused-ring (bicyclic) bond motifs is 3. The molecule has 2 atom stereocenters. The molecule has 27 heavy (non-hydrogen) atoms. The Morgan fingerprint density at radius 2 is 1.93 bits per heavy atom. The standard InChI is InChI=1S/C19H24N8/c1-26(2)18-8-17(22-13-3-6-16-12(7-13)9-21-25-16)23-19(24-18)27-14-4-5-15(27)11-20-10-14/h3,6-9,14-15,20H,4-5,10-11H2,1-2H3,(H,21,25)(H,22,23,24). The van der Waals surface area contributed by atoms with Gasteiger partial charge in [-0.1, -0.05) is 0 Å². The van der Waals surface area contributed by atoms with E-state index in [1.807, 2.05) is 43.4 Å². The Morgan fingerprint density at radius 1 is 1.11 bits per heavy atom. The van der Waals surface area contributed by atoms with Crippen LogP contribution in [0.2, 0.25) is 0 Å². The Morgan fingerprint density at radius 3 is 2.70 bits per heavy atom. The predicted molar refractivity (Wildman–Crippen MR) is 108 cm³/mol. The number of piperazine rings is 1. The van der Waals surface area contributed by atoms with Crippen molar-refractivity contribution < 1.29 is 0 Å². The fourth-order valence-corrected chi connectivity index (χ4v) is 4.10. The van der Waals surface area contributed by atoms with E-state index in [4.69, 9.17) is 9.97 Å². The van der Waals surface area contributed by atoms with Gasteiger partial charge in [-0.3, -0.25) is 5.10 Å². The van der Waals surface area contributed by atoms with Gasteiger partial charge in [0.25, 0.3) is 0 Å². The molecule has 4 heterocycles. The van der Waals surface area contributed by atoms with Crippen molar-refractivity contribution in [3.8, 4) is 0 Å². The Kier molecular flexibility index (Phi) is 3.86. The summed E-state index contributed by atoms with van der Waals surface area (Å²) in [6.45, 7) is 2.01. The molecule has 3 aromatic rings. The van der Waals surface area contributed by atoms with Crippen LogP contribution in [0.3, 0.4) is 0 Å². The van der Waals surface area contributed by atoms with Gasteiger partial charge in [0.1, 0.15) is 11.6 Å². The van der Waals surface area contributed by atoms with Crippen molar-refractivity contribution in [1.82, 2.24) is 25.5 Å². The van der Waals surface area contributed by atoms with Crippen LogP contribution in [0.1, 0.15) is 12.8 Å². The second kappa shape index (κ2) is 6.38. The van der Waals surface area contributed by atoms with Crippen molar-refractivity contribution in [2.75, 3.05) is 42.3 Å². The van der Waals surface area contributed by atoms with Crippen molar-refractivity contribution in [3.05, 3.63) is 30.5 Å². The molecule has 2 bridgehead atoms. The highest BCUT2D eigenvalue weighted by atomic mass is 15.4. The lowest BCUT2D eigenvalue weighted by Crippen LogP contribution is -2.52. The van der Waals surface area contributed by atoms with Crippen molar-refractivity contribution >= 4 is 34.2 Å². The molecule has 2 unspecified atom stereocenters. The maximum absolute atomic E-state index is 4.87. The summed E-state index contributed by atoms with van der Waals surface area (Å²) in [6, 6.07) is 9.09. The summed E-state index contributed by atoms with van der Waals surface area (Å²) < 4.78 is 0. The number of nitrogens with zero attached hydrogens (tertiary/aromatic N) is 5. The molecular weight excluding hydrogens is 340 g/mol. The lowest BCUT2D eigenvalue weighted by molar-refractivity contribution is 0.477. The quantitative estimate of drug-likeness (QED) is 0.654. The zero-order valence-corrected chi connectivity index (χ0v) is 15.6. The molecule has 0 radical (unpaired) electrons. The van der Waals surface area contributed by atoms with Crippen LogP contribution >= 0.6 is 0 Å². The number of H-pyrrole nitrogens is 1. The number of hydrogen-bond donors (Lipinski definition) is 3. The topological polar surface area (TPSA) is 85.0 Å². The predicted octanol–water partition coefficient (Wildman–Crippen LogP) is 2.10. The van der Waals surface area contributed by atoms with Crippen molar-refractivity contribution in [2.24, 2.45) is 0 Å². The smallest absolute Gasteiger partial charge is 0.229 e. The summed E-state index contributed by atoms with van der Waals surface area (Å²) in [6.07, 6.45) is 4.23. The van der Waals surface area contributed by atoms with Gasteiger partial charge in [-0.2, -0.15) is 15.1 Å². The lowest BCUT2D eigenvalue weighted by atomic mass is 10.2. The second-order valence-electron chi connectivity index (χ2n) is 7.55. The van der Waals surface area contributed by atoms with Crippen molar-refractivity contribution in [3.63, 3.8) is 0 Å². The Labute approximate surface area is 158 Å². The third kappa shape index (κ3) is 2.95. The van der Waals surface area contributed by atoms with E-state index < -0.39 is 0 Å². The summed E-state index contributed by atoms with van der Waals surface area (Å²) in [5.41, 5.74) is 2.01. The summed E-state index contributed by atoms with van der Waals surface area (Å²) in [4.78, 5) is 14.1. The van der Waals surface area contributed by atoms with E-state index in [9.17, 15) is 0 Å². The van der Waals surface area contributed by atoms with Crippen LogP contribution in [0.4, 0.5) is 23.3 Å². The second-order valence-corrected chi connectivity index (χ2v) is 7.55. The minimum Gasteiger partial charge on any atom is -0.363 e. The average Bonchev–Trinajstić information content (AvgIpc) is 3.22. The average molecular weight is 364 g/mol. The molecule has 2 aliphatic heterocycles. The van der Waals surface area contributed by atoms with Crippen LogP contribution in [0.5, 0.6) is 0 Å². The first-order valence-electron chi connectivity index (χ1n) is 9.43. The molecule has 8 nitrogen and oxygen atoms in total. The number of nitrogens with one attached hydrogen (secondary N) is 3. The van der Waals surface area contributed by atoms with Gasteiger partial charge in [0.2, 0.25) is 5.95 Å². The highest BCUT2D eigenvalue weighted by Crippen LogP contribution is 2.32. The Bertz CT molecular complexity index is 949. The van der Waals surface area contributed by atoms with Gasteiger partial charge in [0, 0.05) is 56.4 Å². The Balaban J connectivity index is 1.50. The van der Waals surface area contributed by atoms with Crippen molar-refractivity contribution in [1.29, 1.82) is 0 Å². The zero-order chi connectivity index (χ0) is 18.4. The van der Waals surface area contributed by atoms with Gasteiger partial charge in [0.15, 0.2) is 0 Å². The largest absolute Gasteiger partial charge is 0.363 e. The van der Waals surface area contributed by atoms with Crippen LogP contribution in [0.25, 0.3) is 10.9 Å². The number of anilines is 4. The molecule has 140 valence electrons. The molecule has 2 aromatic heterocycles. The highest BCUT2D eigenvalue weighted by molar-refractivity contribution is 5.82. The Hall–Kier alpha value is -2.87. The zero-order valence-electron chi connectivity index (χ0n) is 15.6. The molecule has 0 amide bonds. The highest BCUT2D eigenvalue weighted by Gasteiger charge is 2.38. The molecule has 2 aliphatic rings. The number of benzene rings is 1. The maximum Gasteiger partial charge on any atom is 0.229 e. The maximum atomic E-state index is 4.87. The lowest BCUT2D eigenvalue weighted by Gasteiger charge is -2.35. The molecule has 8 heteroatoms. The molecular formula is C19H24N8. The minimum absolute atomic E-state index is 0.483. The van der Waals surface area contributed by atoms with Crippen molar-refractivity contribution in [2.45, 2.75) is 24.9 Å². The van der Waals surface area contributed by atoms with E-state index >= 15 is 0 Å². The third-order valence-electron chi connectivity index (χ3n) is 5.48. The summed E-state index contributed by atoms with van der Waals surface area (Å²) in [5.74, 6) is 2.54. The third-order valence-corrected chi connectivity index (χ3v) is 5.48. The fraction of sp³-hybridized carbons (Fsp3) is 0.421. The molecule has 2 fully saturated rings. The van der Waals surface area contributed by atoms with Gasteiger partial charge < -0.3 is 20.4 Å². The number of aromatic amines is 1. The van der Waals surface area contributed by atoms with E-state index in [1.165, 1.54) is 12.8 Å². The van der Waals surface area contributed by atoms with Gasteiger partial charge >= 0.3 is 0 Å². The van der Waals surface area contributed by atoms with E-state index in [0.29, 0.717) is 12.1 Å². The number of rotatable bonds is 4. The molecule has 0 aliphatic carbocycles. The molecule has 0 saturated carbocycles. The normalized spacial score (nSPS) is 21.6. The van der Waals surface area contributed by atoms with Crippen LogP contribution in [-0.4, -0.2) is 59.4 Å². The first-order valence-corrected chi connectivity index (χ1v) is 9.43. The van der Waals surface area contributed by atoms with E-state index in [1.54, 1.807) is 0 Å². The number of aromatic nitrogens is 4. The number of hydrogen-bond acceptors (Lipinski definition) is 7. The molecule has 2 saturated heterocycles. The molecule has 3 N–H and O–H groups in total. The molecule has 0 spiro atoms. The first-order chi connectivity index (χ1) is 13.2. The molecule has 1 aromatic carbocycles. The fourth-order valence-electron chi connectivity index (χ4n) is 4.10. The summed E-state index contributed by atoms with van der Waals surface area (Å²) >= 11 is 0. The van der Waals surface area contributed by atoms with E-state index in [-0.39, 0.29) is 0 Å². The monoisotopic (exact) mass is 364 g/mol. The van der Waals surface area contributed by atoms with E-state index in [2.05, 4.69) is 31.8 Å². The first kappa shape index (κ1) is 16.3. The van der Waals surface area contributed by atoms with Crippen LogP contribution in [0.15, 0.2) is 30.5 Å². The minimum atomic E-state index is 0.483. The summed E-state index contributed by atoms with van der Waals surface area (Å²) in [7, 11) is 4.03. The van der Waals surface area contributed by atoms with Crippen LogP contribution < -0.4 is 20.4 Å². The van der Waals surface area contributed by atoms with Gasteiger partial charge in [0.05, 0.1) is 11.7 Å². The van der Waals surface area contributed by atoms with Gasteiger partial charge in [-0.05, 0) is 31.0 Å². The van der Waals surface area contributed by atoms with Gasteiger partial charge in [-0.15, -0.1) is 0 Å². The van der Waals surface area contributed by atoms with Gasteiger partial charge in [-0.25, -0.2) is 0 Å². The van der Waals surface area contributed by atoms with E-state index in [0.717, 1.165) is 47.3 Å². The van der Waals surface area contributed by atoms with Crippen LogP contribution in [0, 0.1) is 0 Å². The van der Waals surface area contributed by atoms with Crippen LogP contribution in [-0.2, 0) is 0 Å². The summed E-state index contributed by atoms with van der Waals surface area (Å²) in [5, 5.41) is 15.1. The SMILES string of the molecule is CN(C)c1cc(Nc2ccc3[nH]ncc3c2)nc(N2C3CCC2CNC3)n1. The molecule has 5 rings (SSSR count).